The predicted octanol–water partition coefficient (Wildman–Crippen LogP) is 3.91. The van der Waals surface area contributed by atoms with E-state index in [4.69, 9.17) is 14.6 Å². The zero-order valence-corrected chi connectivity index (χ0v) is 14.2. The van der Waals surface area contributed by atoms with E-state index >= 15 is 0 Å². The van der Waals surface area contributed by atoms with Crippen molar-refractivity contribution in [3.63, 3.8) is 0 Å². The number of aliphatic imine (C=N–C) groups is 1. The molecule has 0 aliphatic rings. The van der Waals surface area contributed by atoms with Gasteiger partial charge in [-0.2, -0.15) is 0 Å². The van der Waals surface area contributed by atoms with E-state index in [1.807, 2.05) is 32.0 Å². The largest absolute Gasteiger partial charge is 0.493 e. The molecule has 0 fully saturated rings. The van der Waals surface area contributed by atoms with Crippen LogP contribution in [0.4, 0.5) is 5.69 Å². The fourth-order valence-corrected chi connectivity index (χ4v) is 2.11. The lowest BCUT2D eigenvalue weighted by Gasteiger charge is -2.14. The highest BCUT2D eigenvalue weighted by atomic mass is 16.5. The maximum Gasteiger partial charge on any atom is 0.344 e. The lowest BCUT2D eigenvalue weighted by atomic mass is 10.1. The topological polar surface area (TPSA) is 68.1 Å². The summed E-state index contributed by atoms with van der Waals surface area (Å²) >= 11 is 0. The Morgan fingerprint density at radius 1 is 1.17 bits per heavy atom. The third-order valence-electron chi connectivity index (χ3n) is 3.56. The Kier molecular flexibility index (Phi) is 5.58. The number of methoxy groups -OCH3 is 1. The summed E-state index contributed by atoms with van der Waals surface area (Å²) < 4.78 is 10.7. The first-order valence-corrected chi connectivity index (χ1v) is 7.59. The summed E-state index contributed by atoms with van der Waals surface area (Å²) in [6.45, 7) is 5.51. The first kappa shape index (κ1) is 17.5. The fourth-order valence-electron chi connectivity index (χ4n) is 2.11. The Labute approximate surface area is 141 Å². The monoisotopic (exact) mass is 327 g/mol. The molecule has 24 heavy (non-hydrogen) atoms. The molecule has 0 bridgehead atoms. The smallest absolute Gasteiger partial charge is 0.344 e. The Hall–Kier alpha value is -2.82. The minimum Gasteiger partial charge on any atom is -0.493 e. The normalized spacial score (nSPS) is 12.2. The highest BCUT2D eigenvalue weighted by Gasteiger charge is 2.15. The first-order valence-electron chi connectivity index (χ1n) is 7.59. The van der Waals surface area contributed by atoms with Crippen molar-refractivity contribution in [1.29, 1.82) is 0 Å². The lowest BCUT2D eigenvalue weighted by molar-refractivity contribution is -0.144. The van der Waals surface area contributed by atoms with Crippen LogP contribution in [0.25, 0.3) is 0 Å². The van der Waals surface area contributed by atoms with Gasteiger partial charge in [0, 0.05) is 6.21 Å². The molecule has 0 aliphatic carbocycles. The summed E-state index contributed by atoms with van der Waals surface area (Å²) in [4.78, 5) is 15.4. The second-order valence-electron chi connectivity index (χ2n) is 5.56. The van der Waals surface area contributed by atoms with Gasteiger partial charge in [0.25, 0.3) is 0 Å². The van der Waals surface area contributed by atoms with E-state index in [1.54, 1.807) is 24.4 Å². The number of aliphatic carboxylic acids is 1. The van der Waals surface area contributed by atoms with Crippen molar-refractivity contribution in [2.45, 2.75) is 26.9 Å². The summed E-state index contributed by atoms with van der Waals surface area (Å²) in [6, 6.07) is 11.4. The molecule has 126 valence electrons. The van der Waals surface area contributed by atoms with Crippen molar-refractivity contribution in [2.75, 3.05) is 7.11 Å². The van der Waals surface area contributed by atoms with Gasteiger partial charge < -0.3 is 14.6 Å². The van der Waals surface area contributed by atoms with Crippen LogP contribution in [0.15, 0.2) is 41.4 Å². The van der Waals surface area contributed by atoms with Crippen LogP contribution in [0, 0.1) is 13.8 Å². The van der Waals surface area contributed by atoms with Gasteiger partial charge in [-0.1, -0.05) is 12.1 Å². The predicted molar refractivity (Wildman–Crippen MR) is 93.9 cm³/mol. The van der Waals surface area contributed by atoms with Gasteiger partial charge in [-0.15, -0.1) is 0 Å². The summed E-state index contributed by atoms with van der Waals surface area (Å²) in [5.41, 5.74) is 3.99. The van der Waals surface area contributed by atoms with Crippen molar-refractivity contribution in [1.82, 2.24) is 0 Å². The van der Waals surface area contributed by atoms with Crippen molar-refractivity contribution in [3.05, 3.63) is 53.1 Å². The van der Waals surface area contributed by atoms with E-state index in [1.165, 1.54) is 14.0 Å². The van der Waals surface area contributed by atoms with Crippen LogP contribution >= 0.6 is 0 Å². The molecule has 2 rings (SSSR count). The third-order valence-corrected chi connectivity index (χ3v) is 3.56. The number of carbonyl (C=O) groups is 1. The summed E-state index contributed by atoms with van der Waals surface area (Å²) in [5, 5.41) is 8.93. The molecule has 0 radical (unpaired) electrons. The van der Waals surface area contributed by atoms with E-state index in [-0.39, 0.29) is 0 Å². The lowest BCUT2D eigenvalue weighted by Crippen LogP contribution is -2.23. The number of ether oxygens (including phenoxy) is 2. The average Bonchev–Trinajstić information content (AvgIpc) is 2.56. The van der Waals surface area contributed by atoms with Crippen LogP contribution in [0.3, 0.4) is 0 Å². The van der Waals surface area contributed by atoms with Crippen molar-refractivity contribution >= 4 is 17.9 Å². The van der Waals surface area contributed by atoms with Gasteiger partial charge in [-0.25, -0.2) is 4.79 Å². The van der Waals surface area contributed by atoms with Crippen LogP contribution < -0.4 is 9.47 Å². The standard InChI is InChI=1S/C19H21NO4/c1-12-5-6-13(2)16(9-12)20-11-15-7-8-17(18(10-15)23-4)24-14(3)19(21)22/h5-11,14H,1-4H3,(H,21,22)/t14-/m0/s1. The number of nitrogens with zero attached hydrogens (tertiary/aromatic N) is 1. The highest BCUT2D eigenvalue weighted by Crippen LogP contribution is 2.29. The van der Waals surface area contributed by atoms with Gasteiger partial charge in [0.1, 0.15) is 0 Å². The van der Waals surface area contributed by atoms with Crippen LogP contribution in [-0.2, 0) is 4.79 Å². The van der Waals surface area contributed by atoms with E-state index in [2.05, 4.69) is 4.99 Å². The number of hydrogen-bond acceptors (Lipinski definition) is 4. The maximum absolute atomic E-state index is 10.9. The second kappa shape index (κ2) is 7.64. The zero-order chi connectivity index (χ0) is 17.7. The number of carboxylic acid groups (broad SMARTS) is 1. The minimum absolute atomic E-state index is 0.385. The molecule has 0 spiro atoms. The molecule has 0 amide bonds. The van der Waals surface area contributed by atoms with Gasteiger partial charge in [0.2, 0.25) is 0 Å². The second-order valence-corrected chi connectivity index (χ2v) is 5.56. The summed E-state index contributed by atoms with van der Waals surface area (Å²) in [5.74, 6) is -0.179. The molecule has 0 heterocycles. The summed E-state index contributed by atoms with van der Waals surface area (Å²) in [6.07, 6.45) is 0.794. The van der Waals surface area contributed by atoms with Gasteiger partial charge in [0.05, 0.1) is 12.8 Å². The number of rotatable bonds is 6. The number of aryl methyl sites for hydroxylation is 2. The van der Waals surface area contributed by atoms with Crippen molar-refractivity contribution in [2.24, 2.45) is 4.99 Å². The molecular weight excluding hydrogens is 306 g/mol. The average molecular weight is 327 g/mol. The Morgan fingerprint density at radius 3 is 2.58 bits per heavy atom. The van der Waals surface area contributed by atoms with Crippen LogP contribution in [0.5, 0.6) is 11.5 Å². The van der Waals surface area contributed by atoms with Gasteiger partial charge in [-0.3, -0.25) is 4.99 Å². The molecule has 0 saturated carbocycles. The Bertz CT molecular complexity index is 768. The third kappa shape index (κ3) is 4.35. The Balaban J connectivity index is 2.24. The van der Waals surface area contributed by atoms with Crippen molar-refractivity contribution < 1.29 is 19.4 Å². The van der Waals surface area contributed by atoms with Crippen LogP contribution in [0.2, 0.25) is 0 Å². The van der Waals surface area contributed by atoms with E-state index in [0.29, 0.717) is 11.5 Å². The molecule has 5 nitrogen and oxygen atoms in total. The fraction of sp³-hybridized carbons (Fsp3) is 0.263. The molecule has 0 aliphatic heterocycles. The van der Waals surface area contributed by atoms with E-state index in [0.717, 1.165) is 22.4 Å². The SMILES string of the molecule is COc1cc(C=Nc2cc(C)ccc2C)ccc1O[C@@H](C)C(=O)O. The molecule has 1 atom stereocenters. The molecule has 2 aromatic carbocycles. The van der Waals surface area contributed by atoms with Crippen molar-refractivity contribution in [3.8, 4) is 11.5 Å². The number of carboxylic acids is 1. The van der Waals surface area contributed by atoms with E-state index < -0.39 is 12.1 Å². The van der Waals surface area contributed by atoms with E-state index in [9.17, 15) is 4.79 Å². The highest BCUT2D eigenvalue weighted by molar-refractivity contribution is 5.83. The van der Waals surface area contributed by atoms with Gasteiger partial charge in [0.15, 0.2) is 17.6 Å². The molecule has 5 heteroatoms. The van der Waals surface area contributed by atoms with Gasteiger partial charge >= 0.3 is 5.97 Å². The first-order chi connectivity index (χ1) is 11.4. The molecule has 2 aromatic rings. The maximum atomic E-state index is 10.9. The van der Waals surface area contributed by atoms with Crippen LogP contribution in [0.1, 0.15) is 23.6 Å². The zero-order valence-electron chi connectivity index (χ0n) is 14.2. The molecule has 0 saturated heterocycles. The molecule has 1 N–H and O–H groups in total. The molecule has 0 aromatic heterocycles. The molecular formula is C19H21NO4. The minimum atomic E-state index is -1.03. The number of hydrogen-bond donors (Lipinski definition) is 1. The van der Waals surface area contributed by atoms with Gasteiger partial charge in [-0.05, 0) is 61.7 Å². The Morgan fingerprint density at radius 2 is 1.92 bits per heavy atom. The quantitative estimate of drug-likeness (QED) is 0.817. The van der Waals surface area contributed by atoms with Crippen LogP contribution in [-0.4, -0.2) is 30.5 Å². The summed E-state index contributed by atoms with van der Waals surface area (Å²) in [7, 11) is 1.51. The number of benzene rings is 2. The molecule has 0 unspecified atom stereocenters.